The molecule has 1 unspecified atom stereocenters. The molecule has 0 aromatic carbocycles. The van der Waals surface area contributed by atoms with Crippen molar-refractivity contribution < 1.29 is 0 Å². The van der Waals surface area contributed by atoms with E-state index in [1.54, 1.807) is 0 Å². The van der Waals surface area contributed by atoms with E-state index in [0.29, 0.717) is 6.04 Å². The molecule has 0 saturated carbocycles. The van der Waals surface area contributed by atoms with Gasteiger partial charge < -0.3 is 10.6 Å². The topological polar surface area (TPSA) is 29.3 Å². The predicted molar refractivity (Wildman–Crippen MR) is 73.6 cm³/mol. The van der Waals surface area contributed by atoms with Gasteiger partial charge in [0.05, 0.1) is 0 Å². The Morgan fingerprint density at radius 2 is 1.75 bits per heavy atom. The van der Waals surface area contributed by atoms with Gasteiger partial charge >= 0.3 is 0 Å². The van der Waals surface area contributed by atoms with Crippen LogP contribution in [0.4, 0.5) is 0 Å². The molecule has 0 aromatic heterocycles. The molecule has 0 aliphatic carbocycles. The van der Waals surface area contributed by atoms with Crippen molar-refractivity contribution in [2.75, 3.05) is 19.6 Å². The van der Waals surface area contributed by atoms with Crippen molar-refractivity contribution in [2.24, 2.45) is 17.1 Å². The Kier molecular flexibility index (Phi) is 7.25. The van der Waals surface area contributed by atoms with Crippen molar-refractivity contribution in [2.45, 2.75) is 60.4 Å². The second-order valence-corrected chi connectivity index (χ2v) is 6.32. The minimum Gasteiger partial charge on any atom is -0.330 e. The molecule has 2 heteroatoms. The number of hydrogen-bond acceptors (Lipinski definition) is 2. The lowest BCUT2D eigenvalue weighted by molar-refractivity contribution is 0.127. The van der Waals surface area contributed by atoms with Gasteiger partial charge in [-0.25, -0.2) is 0 Å². The number of rotatable bonds is 8. The third kappa shape index (κ3) is 6.49. The molecule has 0 aliphatic heterocycles. The Labute approximate surface area is 103 Å². The standard InChI is InChI=1S/C14H32N2/c1-7-8-16(11-14(5,6)10-15)13(4)9-12(2)3/h12-13H,7-11,15H2,1-6H3. The molecule has 2 N–H and O–H groups in total. The van der Waals surface area contributed by atoms with E-state index in [2.05, 4.69) is 46.4 Å². The number of nitrogens with zero attached hydrogens (tertiary/aromatic N) is 1. The van der Waals surface area contributed by atoms with Gasteiger partial charge in [-0.15, -0.1) is 0 Å². The summed E-state index contributed by atoms with van der Waals surface area (Å²) in [4.78, 5) is 2.60. The normalized spacial score (nSPS) is 14.8. The summed E-state index contributed by atoms with van der Waals surface area (Å²) in [5.74, 6) is 0.773. The van der Waals surface area contributed by atoms with Crippen molar-refractivity contribution in [3.63, 3.8) is 0 Å². The van der Waals surface area contributed by atoms with Crippen LogP contribution in [0.1, 0.15) is 54.4 Å². The highest BCUT2D eigenvalue weighted by Gasteiger charge is 2.23. The van der Waals surface area contributed by atoms with E-state index >= 15 is 0 Å². The predicted octanol–water partition coefficient (Wildman–Crippen LogP) is 3.12. The molecule has 0 rings (SSSR count). The lowest BCUT2D eigenvalue weighted by Gasteiger charge is -2.36. The summed E-state index contributed by atoms with van der Waals surface area (Å²) in [6, 6.07) is 0.672. The maximum atomic E-state index is 5.83. The lowest BCUT2D eigenvalue weighted by atomic mass is 9.91. The summed E-state index contributed by atoms with van der Waals surface area (Å²) in [5, 5.41) is 0. The first-order valence-electron chi connectivity index (χ1n) is 6.76. The summed E-state index contributed by atoms with van der Waals surface area (Å²) in [6.45, 7) is 16.8. The SMILES string of the molecule is CCCN(CC(C)(C)CN)C(C)CC(C)C. The van der Waals surface area contributed by atoms with Crippen LogP contribution in [0.5, 0.6) is 0 Å². The summed E-state index contributed by atoms with van der Waals surface area (Å²) in [6.07, 6.45) is 2.50. The monoisotopic (exact) mass is 228 g/mol. The molecule has 0 aromatic rings. The number of nitrogens with two attached hydrogens (primary N) is 1. The second-order valence-electron chi connectivity index (χ2n) is 6.32. The first-order valence-corrected chi connectivity index (χ1v) is 6.76. The van der Waals surface area contributed by atoms with Crippen molar-refractivity contribution in [3.05, 3.63) is 0 Å². The van der Waals surface area contributed by atoms with Crippen LogP contribution in [0.3, 0.4) is 0 Å². The van der Waals surface area contributed by atoms with Gasteiger partial charge in [0.15, 0.2) is 0 Å². The van der Waals surface area contributed by atoms with E-state index in [-0.39, 0.29) is 5.41 Å². The van der Waals surface area contributed by atoms with Gasteiger partial charge in [-0.1, -0.05) is 34.6 Å². The van der Waals surface area contributed by atoms with Crippen LogP contribution in [-0.4, -0.2) is 30.6 Å². The van der Waals surface area contributed by atoms with Gasteiger partial charge in [0, 0.05) is 12.6 Å². The van der Waals surface area contributed by atoms with Crippen LogP contribution in [0.2, 0.25) is 0 Å². The molecule has 0 fully saturated rings. The molecule has 98 valence electrons. The molecule has 16 heavy (non-hydrogen) atoms. The smallest absolute Gasteiger partial charge is 0.00695 e. The Hall–Kier alpha value is -0.0800. The van der Waals surface area contributed by atoms with Crippen LogP contribution in [0.25, 0.3) is 0 Å². The molecule has 1 atom stereocenters. The van der Waals surface area contributed by atoms with E-state index in [4.69, 9.17) is 5.73 Å². The van der Waals surface area contributed by atoms with Crippen molar-refractivity contribution in [3.8, 4) is 0 Å². The first kappa shape index (κ1) is 15.9. The zero-order valence-corrected chi connectivity index (χ0v) is 12.2. The highest BCUT2D eigenvalue weighted by Crippen LogP contribution is 2.19. The van der Waals surface area contributed by atoms with Gasteiger partial charge in [0.1, 0.15) is 0 Å². The Balaban J connectivity index is 4.36. The Bertz CT molecular complexity index is 176. The highest BCUT2D eigenvalue weighted by atomic mass is 15.2. The highest BCUT2D eigenvalue weighted by molar-refractivity contribution is 4.78. The van der Waals surface area contributed by atoms with Crippen molar-refractivity contribution in [1.29, 1.82) is 0 Å². The third-order valence-corrected chi connectivity index (χ3v) is 3.13. The van der Waals surface area contributed by atoms with Crippen LogP contribution < -0.4 is 5.73 Å². The average molecular weight is 228 g/mol. The Morgan fingerprint density at radius 3 is 2.12 bits per heavy atom. The molecule has 0 radical (unpaired) electrons. The zero-order chi connectivity index (χ0) is 12.8. The van der Waals surface area contributed by atoms with Crippen LogP contribution in [-0.2, 0) is 0 Å². The van der Waals surface area contributed by atoms with Gasteiger partial charge in [-0.3, -0.25) is 0 Å². The molecule has 0 heterocycles. The van der Waals surface area contributed by atoms with E-state index in [1.165, 1.54) is 19.4 Å². The summed E-state index contributed by atoms with van der Waals surface area (Å²) >= 11 is 0. The van der Waals surface area contributed by atoms with Gasteiger partial charge in [0.2, 0.25) is 0 Å². The molecule has 0 bridgehead atoms. The molecule has 0 spiro atoms. The average Bonchev–Trinajstić information content (AvgIpc) is 2.16. The molecule has 0 saturated heterocycles. The second kappa shape index (κ2) is 7.29. The van der Waals surface area contributed by atoms with E-state index < -0.39 is 0 Å². The molecule has 2 nitrogen and oxygen atoms in total. The van der Waals surface area contributed by atoms with Gasteiger partial charge in [-0.2, -0.15) is 0 Å². The maximum Gasteiger partial charge on any atom is 0.00695 e. The van der Waals surface area contributed by atoms with E-state index in [1.807, 2.05) is 0 Å². The first-order chi connectivity index (χ1) is 7.32. The fourth-order valence-electron chi connectivity index (χ4n) is 2.19. The van der Waals surface area contributed by atoms with Gasteiger partial charge in [0.25, 0.3) is 0 Å². The molecular formula is C14H32N2. The fourth-order valence-corrected chi connectivity index (χ4v) is 2.19. The maximum absolute atomic E-state index is 5.83. The van der Waals surface area contributed by atoms with E-state index in [9.17, 15) is 0 Å². The van der Waals surface area contributed by atoms with Gasteiger partial charge in [-0.05, 0) is 44.2 Å². The van der Waals surface area contributed by atoms with Crippen LogP contribution in [0, 0.1) is 11.3 Å². The summed E-state index contributed by atoms with van der Waals surface area (Å²) in [7, 11) is 0. The number of hydrogen-bond donors (Lipinski definition) is 1. The van der Waals surface area contributed by atoms with E-state index in [0.717, 1.165) is 19.0 Å². The molecular weight excluding hydrogens is 196 g/mol. The zero-order valence-electron chi connectivity index (χ0n) is 12.2. The van der Waals surface area contributed by atoms with Crippen LogP contribution in [0.15, 0.2) is 0 Å². The Morgan fingerprint density at radius 1 is 1.19 bits per heavy atom. The van der Waals surface area contributed by atoms with Crippen molar-refractivity contribution in [1.82, 2.24) is 4.90 Å². The largest absolute Gasteiger partial charge is 0.330 e. The summed E-state index contributed by atoms with van der Waals surface area (Å²) in [5.41, 5.74) is 6.06. The molecule has 0 aliphatic rings. The lowest BCUT2D eigenvalue weighted by Crippen LogP contribution is -2.43. The van der Waals surface area contributed by atoms with Crippen molar-refractivity contribution >= 4 is 0 Å². The molecule has 0 amide bonds. The minimum atomic E-state index is 0.237. The van der Waals surface area contributed by atoms with Crippen LogP contribution >= 0.6 is 0 Å². The minimum absolute atomic E-state index is 0.237. The quantitative estimate of drug-likeness (QED) is 0.691. The fraction of sp³-hybridized carbons (Fsp3) is 1.00. The summed E-state index contributed by atoms with van der Waals surface area (Å²) < 4.78 is 0. The third-order valence-electron chi connectivity index (χ3n) is 3.13.